The number of rotatable bonds is 4. The maximum absolute atomic E-state index is 11.7. The van der Waals surface area contributed by atoms with Gasteiger partial charge in [-0.25, -0.2) is 0 Å². The lowest BCUT2D eigenvalue weighted by Gasteiger charge is -2.38. The van der Waals surface area contributed by atoms with Gasteiger partial charge >= 0.3 is 0 Å². The summed E-state index contributed by atoms with van der Waals surface area (Å²) in [6.45, 7) is 8.87. The van der Waals surface area contributed by atoms with Crippen LogP contribution < -0.4 is 15.5 Å². The van der Waals surface area contributed by atoms with E-state index in [1.165, 1.54) is 16.8 Å². The maximum Gasteiger partial charge on any atom is 0.251 e. The molecule has 0 spiro atoms. The van der Waals surface area contributed by atoms with Crippen LogP contribution in [0.3, 0.4) is 0 Å². The van der Waals surface area contributed by atoms with Crippen LogP contribution in [0.1, 0.15) is 27.0 Å². The molecule has 2 aromatic carbocycles. The van der Waals surface area contributed by atoms with Crippen molar-refractivity contribution in [2.24, 2.45) is 4.99 Å². The molecule has 1 saturated heterocycles. The molecule has 1 amide bonds. The van der Waals surface area contributed by atoms with Crippen molar-refractivity contribution in [2.75, 3.05) is 45.2 Å². The number of hydrogen-bond acceptors (Lipinski definition) is 3. The van der Waals surface area contributed by atoms with Gasteiger partial charge < -0.3 is 20.4 Å². The third-order valence-electron chi connectivity index (χ3n) is 5.60. The highest BCUT2D eigenvalue weighted by Crippen LogP contribution is 2.23. The predicted octanol–water partition coefficient (Wildman–Crippen LogP) is 2.56. The Labute approximate surface area is 173 Å². The van der Waals surface area contributed by atoms with Crippen molar-refractivity contribution < 1.29 is 4.79 Å². The second-order valence-corrected chi connectivity index (χ2v) is 7.37. The van der Waals surface area contributed by atoms with Crippen LogP contribution in [0.25, 0.3) is 0 Å². The number of aliphatic imine (C=N–C) groups is 1. The van der Waals surface area contributed by atoms with Crippen LogP contribution in [0.15, 0.2) is 47.5 Å². The maximum atomic E-state index is 11.7. The van der Waals surface area contributed by atoms with Crippen molar-refractivity contribution in [2.45, 2.75) is 20.4 Å². The zero-order valence-corrected chi connectivity index (χ0v) is 17.8. The van der Waals surface area contributed by atoms with Crippen LogP contribution in [0, 0.1) is 13.8 Å². The molecule has 1 fully saturated rings. The van der Waals surface area contributed by atoms with E-state index < -0.39 is 0 Å². The summed E-state index contributed by atoms with van der Waals surface area (Å²) in [4.78, 5) is 20.9. The number of anilines is 1. The molecule has 0 bridgehead atoms. The summed E-state index contributed by atoms with van der Waals surface area (Å²) in [6.07, 6.45) is 0. The topological polar surface area (TPSA) is 60.0 Å². The number of benzene rings is 2. The lowest BCUT2D eigenvalue weighted by atomic mass is 10.1. The summed E-state index contributed by atoms with van der Waals surface area (Å²) in [7, 11) is 3.47. The highest BCUT2D eigenvalue weighted by atomic mass is 16.1. The number of amides is 1. The highest BCUT2D eigenvalue weighted by molar-refractivity contribution is 5.93. The lowest BCUT2D eigenvalue weighted by Crippen LogP contribution is -2.52. The zero-order valence-electron chi connectivity index (χ0n) is 17.8. The Morgan fingerprint density at radius 3 is 2.34 bits per heavy atom. The molecule has 6 nitrogen and oxygen atoms in total. The molecule has 0 radical (unpaired) electrons. The van der Waals surface area contributed by atoms with Gasteiger partial charge in [0.2, 0.25) is 0 Å². The normalized spacial score (nSPS) is 14.7. The molecule has 29 heavy (non-hydrogen) atoms. The Morgan fingerprint density at radius 2 is 1.72 bits per heavy atom. The monoisotopic (exact) mass is 393 g/mol. The van der Waals surface area contributed by atoms with Crippen LogP contribution in [0.4, 0.5) is 5.69 Å². The number of guanidine groups is 1. The van der Waals surface area contributed by atoms with Crippen molar-refractivity contribution in [3.63, 3.8) is 0 Å². The van der Waals surface area contributed by atoms with E-state index in [9.17, 15) is 4.79 Å². The minimum atomic E-state index is -0.0676. The first-order valence-electron chi connectivity index (χ1n) is 10.1. The van der Waals surface area contributed by atoms with Gasteiger partial charge in [0.05, 0.1) is 0 Å². The van der Waals surface area contributed by atoms with E-state index >= 15 is 0 Å². The van der Waals surface area contributed by atoms with E-state index in [0.717, 1.165) is 37.7 Å². The van der Waals surface area contributed by atoms with E-state index in [-0.39, 0.29) is 5.91 Å². The van der Waals surface area contributed by atoms with Crippen molar-refractivity contribution in [1.29, 1.82) is 0 Å². The Kier molecular flexibility index (Phi) is 6.75. The van der Waals surface area contributed by atoms with Gasteiger partial charge in [0.15, 0.2) is 5.96 Å². The van der Waals surface area contributed by atoms with Crippen molar-refractivity contribution in [3.8, 4) is 0 Å². The third-order valence-corrected chi connectivity index (χ3v) is 5.60. The average molecular weight is 394 g/mol. The fourth-order valence-corrected chi connectivity index (χ4v) is 3.67. The van der Waals surface area contributed by atoms with Crippen LogP contribution in [0.5, 0.6) is 0 Å². The molecular formula is C23H31N5O. The van der Waals surface area contributed by atoms with Gasteiger partial charge in [-0.15, -0.1) is 0 Å². The van der Waals surface area contributed by atoms with Crippen LogP contribution in [-0.2, 0) is 6.54 Å². The molecule has 0 saturated carbocycles. The Bertz CT molecular complexity index is 867. The van der Waals surface area contributed by atoms with Crippen LogP contribution in [0.2, 0.25) is 0 Å². The van der Waals surface area contributed by atoms with Crippen LogP contribution >= 0.6 is 0 Å². The van der Waals surface area contributed by atoms with Gasteiger partial charge in [-0.2, -0.15) is 0 Å². The molecule has 3 rings (SSSR count). The van der Waals surface area contributed by atoms with E-state index in [4.69, 9.17) is 0 Å². The summed E-state index contributed by atoms with van der Waals surface area (Å²) < 4.78 is 0. The second-order valence-electron chi connectivity index (χ2n) is 7.37. The summed E-state index contributed by atoms with van der Waals surface area (Å²) in [5.41, 5.74) is 5.83. The summed E-state index contributed by atoms with van der Waals surface area (Å²) >= 11 is 0. The fraction of sp³-hybridized carbons (Fsp3) is 0.391. The number of carbonyl (C=O) groups is 1. The van der Waals surface area contributed by atoms with E-state index in [0.29, 0.717) is 12.1 Å². The first kappa shape index (κ1) is 20.7. The van der Waals surface area contributed by atoms with Crippen molar-refractivity contribution >= 4 is 17.6 Å². The number of nitrogens with one attached hydrogen (secondary N) is 2. The minimum absolute atomic E-state index is 0.0676. The highest BCUT2D eigenvalue weighted by Gasteiger charge is 2.21. The van der Waals surface area contributed by atoms with Crippen molar-refractivity contribution in [3.05, 3.63) is 64.7 Å². The molecule has 0 unspecified atom stereocenters. The number of nitrogens with zero attached hydrogens (tertiary/aromatic N) is 3. The van der Waals surface area contributed by atoms with Crippen LogP contribution in [-0.4, -0.2) is 57.0 Å². The third kappa shape index (κ3) is 4.88. The van der Waals surface area contributed by atoms with Crippen molar-refractivity contribution in [1.82, 2.24) is 15.5 Å². The Hall–Kier alpha value is -3.02. The Balaban J connectivity index is 1.55. The van der Waals surface area contributed by atoms with Gasteiger partial charge in [-0.3, -0.25) is 9.79 Å². The molecule has 1 aliphatic rings. The standard InChI is InChI=1S/C23H31N5O/c1-17-6-5-7-21(18(17)2)27-12-14-28(15-13-27)23(25-4)26-16-19-8-10-20(11-9-19)22(29)24-3/h5-11H,12-16H2,1-4H3,(H,24,29)(H,25,26). The number of aryl methyl sites for hydroxylation is 1. The van der Waals surface area contributed by atoms with E-state index in [2.05, 4.69) is 57.5 Å². The molecule has 1 aliphatic heterocycles. The molecule has 0 aliphatic carbocycles. The number of hydrogen-bond donors (Lipinski definition) is 2. The predicted molar refractivity (Wildman–Crippen MR) is 120 cm³/mol. The molecule has 0 aromatic heterocycles. The van der Waals surface area contributed by atoms with Gasteiger partial charge in [0.25, 0.3) is 5.91 Å². The first-order valence-corrected chi connectivity index (χ1v) is 10.1. The van der Waals surface area contributed by atoms with Gasteiger partial charge in [0.1, 0.15) is 0 Å². The van der Waals surface area contributed by atoms with Gasteiger partial charge in [-0.05, 0) is 48.7 Å². The van der Waals surface area contributed by atoms with Gasteiger partial charge in [-0.1, -0.05) is 24.3 Å². The summed E-state index contributed by atoms with van der Waals surface area (Å²) in [5.74, 6) is 0.850. The van der Waals surface area contributed by atoms with E-state index in [1.807, 2.05) is 31.3 Å². The molecule has 6 heteroatoms. The SMILES string of the molecule is CN=C(NCc1ccc(C(=O)NC)cc1)N1CCN(c2cccc(C)c2C)CC1. The molecule has 2 N–H and O–H groups in total. The van der Waals surface area contributed by atoms with E-state index in [1.54, 1.807) is 7.05 Å². The zero-order chi connectivity index (χ0) is 20.8. The largest absolute Gasteiger partial charge is 0.368 e. The molecule has 154 valence electrons. The molecule has 1 heterocycles. The molecule has 0 atom stereocenters. The average Bonchev–Trinajstić information content (AvgIpc) is 2.76. The quantitative estimate of drug-likeness (QED) is 0.619. The minimum Gasteiger partial charge on any atom is -0.368 e. The molecular weight excluding hydrogens is 362 g/mol. The Morgan fingerprint density at radius 1 is 1.03 bits per heavy atom. The number of piperazine rings is 1. The second kappa shape index (κ2) is 9.45. The fourth-order valence-electron chi connectivity index (χ4n) is 3.67. The summed E-state index contributed by atoms with van der Waals surface area (Å²) in [6, 6.07) is 14.2. The lowest BCUT2D eigenvalue weighted by molar-refractivity contribution is 0.0963. The number of carbonyl (C=O) groups excluding carboxylic acids is 1. The van der Waals surface area contributed by atoms with Gasteiger partial charge in [0, 0.05) is 58.1 Å². The first-order chi connectivity index (χ1) is 14.0. The molecule has 2 aromatic rings. The smallest absolute Gasteiger partial charge is 0.251 e. The summed E-state index contributed by atoms with van der Waals surface area (Å²) in [5, 5.41) is 6.09.